The zero-order valence-corrected chi connectivity index (χ0v) is 76.3. The van der Waals surface area contributed by atoms with Crippen molar-refractivity contribution in [1.82, 2.24) is 122 Å². The van der Waals surface area contributed by atoms with Crippen LogP contribution in [0.4, 0.5) is 0 Å². The summed E-state index contributed by atoms with van der Waals surface area (Å²) in [6.45, 7) is -6.20. The largest absolute Gasteiger partial charge is 0.480 e. The lowest BCUT2D eigenvalue weighted by Gasteiger charge is -2.36. The van der Waals surface area contributed by atoms with Crippen LogP contribution in [0.15, 0.2) is 0 Å². The summed E-state index contributed by atoms with van der Waals surface area (Å²) < 4.78 is 0. The molecule has 0 aromatic carbocycles. The Labute approximate surface area is 773 Å². The highest BCUT2D eigenvalue weighted by atomic mass is 16.4. The van der Waals surface area contributed by atoms with E-state index >= 15 is 0 Å². The van der Waals surface area contributed by atoms with Crippen LogP contribution in [-0.4, -0.2) is 599 Å². The number of hydrogen-bond acceptors (Lipinski definition) is 36. The minimum atomic E-state index is -2.23. The molecule has 3 rings (SSSR count). The van der Waals surface area contributed by atoms with Crippen LogP contribution in [-0.2, 0) is 95.9 Å². The van der Waals surface area contributed by atoms with E-state index in [-0.39, 0.29) is 196 Å². The second-order valence-corrected chi connectivity index (χ2v) is 32.7. The van der Waals surface area contributed by atoms with Crippen LogP contribution in [0.2, 0.25) is 0 Å². The van der Waals surface area contributed by atoms with E-state index in [1.165, 1.54) is 81.6 Å². The van der Waals surface area contributed by atoms with Crippen molar-refractivity contribution >= 4 is 119 Å². The minimum absolute atomic E-state index is 0.00462. The number of nitrogens with zero attached hydrogens (tertiary/aromatic N) is 14. The molecule has 0 saturated carbocycles. The monoisotopic (exact) mass is 1920 g/mol. The maximum atomic E-state index is 14.8. The van der Waals surface area contributed by atoms with Gasteiger partial charge in [0, 0.05) is 216 Å². The fourth-order valence-corrected chi connectivity index (χ4v) is 14.6. The van der Waals surface area contributed by atoms with Gasteiger partial charge in [0.25, 0.3) is 0 Å². The molecule has 0 spiro atoms. The second kappa shape index (κ2) is 63.1. The number of rotatable bonds is 56. The van der Waals surface area contributed by atoms with Crippen LogP contribution < -0.4 is 53.2 Å². The molecule has 8 amide bonds. The second-order valence-electron chi connectivity index (χ2n) is 32.7. The first-order valence-electron chi connectivity index (χ1n) is 43.6. The van der Waals surface area contributed by atoms with Gasteiger partial charge in [-0.05, 0) is 27.7 Å². The third-order valence-corrected chi connectivity index (χ3v) is 22.3. The zero-order valence-electron chi connectivity index (χ0n) is 76.3. The van der Waals surface area contributed by atoms with Crippen molar-refractivity contribution in [3.63, 3.8) is 0 Å². The predicted octanol–water partition coefficient (Wildman–Crippen LogP) is -14.3. The van der Waals surface area contributed by atoms with Crippen LogP contribution in [0.1, 0.15) is 27.7 Å². The van der Waals surface area contributed by atoms with Gasteiger partial charge in [-0.25, -0.2) is 0 Å². The fraction of sp³-hybridized carbons (Fsp3) is 0.744. The lowest BCUT2D eigenvalue weighted by molar-refractivity contribution is -0.141. The van der Waals surface area contributed by atoms with Gasteiger partial charge in [0.1, 0.15) is 0 Å². The molecule has 3 fully saturated rings. The van der Waals surface area contributed by atoms with Crippen molar-refractivity contribution in [1.29, 1.82) is 0 Å². The Kier molecular flexibility index (Phi) is 55.1. The molecule has 3 aliphatic heterocycles. The number of amides is 8. The zero-order chi connectivity index (χ0) is 100. The number of aliphatic carboxylic acids is 12. The van der Waals surface area contributed by atoms with Gasteiger partial charge in [0.2, 0.25) is 47.3 Å². The Morgan fingerprint density at radius 2 is 0.478 bits per heavy atom. The molecule has 0 aromatic heterocycles. The van der Waals surface area contributed by atoms with E-state index in [9.17, 15) is 152 Å². The number of carbonyl (C=O) groups excluding carboxylic acids is 8. The van der Waals surface area contributed by atoms with Crippen LogP contribution in [0.5, 0.6) is 0 Å². The van der Waals surface area contributed by atoms with E-state index in [1.54, 1.807) is 14.7 Å². The molecule has 0 aromatic rings. The molecule has 0 radical (unpaired) electrons. The molecular weight excluding hydrogens is 1780 g/mol. The number of carbonyl (C=O) groups is 20. The van der Waals surface area contributed by atoms with Gasteiger partial charge in [-0.2, -0.15) is 0 Å². The highest BCUT2D eigenvalue weighted by molar-refractivity contribution is 5.91. The highest BCUT2D eigenvalue weighted by Gasteiger charge is 2.37. The average molecular weight is 1920 g/mol. The van der Waals surface area contributed by atoms with Gasteiger partial charge in [0.15, 0.2) is 0 Å². The summed E-state index contributed by atoms with van der Waals surface area (Å²) in [6, 6.07) is -4.70. The van der Waals surface area contributed by atoms with Crippen molar-refractivity contribution in [3.8, 4) is 0 Å². The van der Waals surface area contributed by atoms with E-state index in [4.69, 9.17) is 5.11 Å². The molecule has 22 N–H and O–H groups in total. The standard InChI is InChI=1S/C78H136N24O32/c1-54(99(8-6-80-40-63(109)110)28-21-89(41-64(111)112)7-5-79-39-62(107)108)74(131)84-38-61(106)88-78(51-85-58(103)35-81-75(132)55(2)100-29-22-93(45-68(119)120)15-9-90(42-65(113)114)10-16-94(23-30-100)46-69(121)122,52-86-59(104)36-82-76(133)56(3)101-31-24-95(47-70(123)124)17-11-91(43-66(115)116)12-18-96(25-32-101)48-71(125)126)53-87-60(105)37-83-77(134)57(4)102-33-26-97(49-72(127)128)19-13-92(44-67(117)118)14-20-98(27-34-102)50-73(129)130/h54-57,79-80H,5-53H2,1-4H3,(H,81,132)(H,82,133)(H,83,134)(H,84,131)(H,85,103)(H,86,104)(H,87,105)(H,88,106)(H,107,108)(H,109,110)(H,111,112)(H,113,114)(H,115,116)(H,117,118)(H,119,120)(H,121,122)(H,123,124)(H,125,126)(H,127,128)(H,129,130). The van der Waals surface area contributed by atoms with Crippen LogP contribution >= 0.6 is 0 Å². The summed E-state index contributed by atoms with van der Waals surface area (Å²) in [7, 11) is 0. The summed E-state index contributed by atoms with van der Waals surface area (Å²) in [5.74, 6) is -22.1. The molecule has 4 unspecified atom stereocenters. The average Bonchev–Trinajstić information content (AvgIpc) is 0.838. The summed E-state index contributed by atoms with van der Waals surface area (Å²) in [5, 5.41) is 142. The molecule has 56 nitrogen and oxygen atoms in total. The number of carboxylic acids is 12. The molecule has 3 heterocycles. The van der Waals surface area contributed by atoms with E-state index in [1.807, 2.05) is 0 Å². The SMILES string of the molecule is CC(C(=O)NCC(=O)NCC(CNC(=O)CNC(=O)C(C)N1CCN(CC(=O)O)CCN(CC(=O)O)CCN(CC(=O)O)CC1)(CNC(=O)CNC(=O)C(C)N1CCN(CC(=O)O)CCN(CC(=O)O)CCN(CC(=O)O)CC1)NC(=O)CNC(=O)C(C)N(CCNCC(=O)O)CCN(CCNCC(=O)O)CC(=O)O)N1CCN(CC(=O)O)CCN(CC(=O)O)CCN(CC(=O)O)CC1. The molecule has 0 bridgehead atoms. The minimum Gasteiger partial charge on any atom is -0.480 e. The summed E-state index contributed by atoms with van der Waals surface area (Å²) in [6.07, 6.45) is 0. The fourth-order valence-electron chi connectivity index (χ4n) is 14.6. The molecule has 3 aliphatic rings. The molecular formula is C78H136N24O32. The van der Waals surface area contributed by atoms with E-state index in [0.717, 1.165) is 0 Å². The lowest BCUT2D eigenvalue weighted by atomic mass is 9.98. The Morgan fingerprint density at radius 1 is 0.254 bits per heavy atom. The van der Waals surface area contributed by atoms with Crippen LogP contribution in [0, 0.1) is 0 Å². The first-order valence-corrected chi connectivity index (χ1v) is 43.6. The van der Waals surface area contributed by atoms with Crippen LogP contribution in [0.3, 0.4) is 0 Å². The van der Waals surface area contributed by atoms with E-state index in [0.29, 0.717) is 0 Å². The van der Waals surface area contributed by atoms with Gasteiger partial charge in [-0.1, -0.05) is 0 Å². The Balaban J connectivity index is 2.22. The lowest BCUT2D eigenvalue weighted by Crippen LogP contribution is -2.68. The quantitative estimate of drug-likeness (QED) is 0.0251. The van der Waals surface area contributed by atoms with Gasteiger partial charge >= 0.3 is 71.6 Å². The smallest absolute Gasteiger partial charge is 0.317 e. The van der Waals surface area contributed by atoms with Gasteiger partial charge in [-0.3, -0.25) is 164 Å². The van der Waals surface area contributed by atoms with Crippen molar-refractivity contribution < 1.29 is 157 Å². The molecule has 4 atom stereocenters. The maximum absolute atomic E-state index is 14.8. The van der Waals surface area contributed by atoms with Crippen molar-refractivity contribution in [3.05, 3.63) is 0 Å². The Hall–Kier alpha value is -11.2. The summed E-state index contributed by atoms with van der Waals surface area (Å²) in [4.78, 5) is 280. The van der Waals surface area contributed by atoms with Gasteiger partial charge in [0.05, 0.1) is 134 Å². The number of carboxylic acid groups (broad SMARTS) is 12. The first-order chi connectivity index (χ1) is 63.2. The predicted molar refractivity (Wildman–Crippen MR) is 468 cm³/mol. The number of hydrogen-bond donors (Lipinski definition) is 22. The topological polar surface area (TPSA) is 750 Å². The molecule has 56 heteroatoms. The Bertz CT molecular complexity index is 3490. The van der Waals surface area contributed by atoms with Gasteiger partial charge in [-0.15, -0.1) is 0 Å². The number of nitrogens with one attached hydrogen (secondary N) is 10. The normalized spacial score (nSPS) is 18.0. The molecule has 134 heavy (non-hydrogen) atoms. The summed E-state index contributed by atoms with van der Waals surface area (Å²) >= 11 is 0. The summed E-state index contributed by atoms with van der Waals surface area (Å²) in [5.41, 5.74) is -2.23. The molecule has 3 saturated heterocycles. The van der Waals surface area contributed by atoms with E-state index < -0.39 is 273 Å². The molecule has 0 aliphatic carbocycles. The molecule has 760 valence electrons. The highest BCUT2D eigenvalue weighted by Crippen LogP contribution is 2.13. The van der Waals surface area contributed by atoms with Crippen molar-refractivity contribution in [2.75, 3.05) is 321 Å². The van der Waals surface area contributed by atoms with E-state index in [2.05, 4.69) is 53.2 Å². The first kappa shape index (κ1) is 117. The third-order valence-electron chi connectivity index (χ3n) is 22.3. The van der Waals surface area contributed by atoms with Gasteiger partial charge < -0.3 is 114 Å². The van der Waals surface area contributed by atoms with Crippen molar-refractivity contribution in [2.24, 2.45) is 0 Å². The maximum Gasteiger partial charge on any atom is 0.317 e. The third kappa shape index (κ3) is 51.9. The Morgan fingerprint density at radius 3 is 0.709 bits per heavy atom. The van der Waals surface area contributed by atoms with Crippen molar-refractivity contribution in [2.45, 2.75) is 57.4 Å². The van der Waals surface area contributed by atoms with Crippen LogP contribution in [0.25, 0.3) is 0 Å².